The highest BCUT2D eigenvalue weighted by Crippen LogP contribution is 2.20. The first-order valence-electron chi connectivity index (χ1n) is 9.25. The highest BCUT2D eigenvalue weighted by molar-refractivity contribution is 5.88. The smallest absolute Gasteiger partial charge is 0.273 e. The van der Waals surface area contributed by atoms with Crippen molar-refractivity contribution in [3.8, 4) is 0 Å². The van der Waals surface area contributed by atoms with Gasteiger partial charge in [0.15, 0.2) is 0 Å². The van der Waals surface area contributed by atoms with E-state index in [0.29, 0.717) is 5.56 Å². The summed E-state index contributed by atoms with van der Waals surface area (Å²) >= 11 is 0. The van der Waals surface area contributed by atoms with Gasteiger partial charge in [-0.25, -0.2) is 4.39 Å². The number of nitro groups is 1. The molecule has 0 spiro atoms. The highest BCUT2D eigenvalue weighted by Gasteiger charge is 2.28. The lowest BCUT2D eigenvalue weighted by Crippen LogP contribution is -2.49. The van der Waals surface area contributed by atoms with Crippen LogP contribution in [0, 0.1) is 15.9 Å². The molecule has 0 aliphatic carbocycles. The Bertz CT molecular complexity index is 884. The minimum absolute atomic E-state index is 0.0758. The maximum absolute atomic E-state index is 13.2. The Labute approximate surface area is 168 Å². The van der Waals surface area contributed by atoms with E-state index in [1.807, 2.05) is 13.8 Å². The third-order valence-electron chi connectivity index (χ3n) is 4.39. The van der Waals surface area contributed by atoms with E-state index in [-0.39, 0.29) is 36.2 Å². The Morgan fingerprint density at radius 2 is 1.72 bits per heavy atom. The normalized spacial score (nSPS) is 11.8. The number of halogens is 1. The molecular formula is C21H24FN3O4. The maximum atomic E-state index is 13.2. The molecule has 2 aromatic carbocycles. The minimum Gasteiger partial charge on any atom is -0.352 e. The number of nitrogens with zero attached hydrogens (tertiary/aromatic N) is 2. The Balaban J connectivity index is 2.30. The second-order valence-electron chi connectivity index (χ2n) is 7.05. The number of benzene rings is 2. The van der Waals surface area contributed by atoms with Gasteiger partial charge in [-0.05, 0) is 38.5 Å². The summed E-state index contributed by atoms with van der Waals surface area (Å²) in [6, 6.07) is 10.7. The maximum Gasteiger partial charge on any atom is 0.273 e. The van der Waals surface area contributed by atoms with Crippen LogP contribution in [0.3, 0.4) is 0 Å². The second-order valence-corrected chi connectivity index (χ2v) is 7.05. The molecule has 0 fully saturated rings. The van der Waals surface area contributed by atoms with E-state index in [2.05, 4.69) is 5.32 Å². The predicted molar refractivity (Wildman–Crippen MR) is 106 cm³/mol. The lowest BCUT2D eigenvalue weighted by atomic mass is 10.1. The van der Waals surface area contributed by atoms with Gasteiger partial charge in [0, 0.05) is 24.2 Å². The van der Waals surface area contributed by atoms with Gasteiger partial charge in [0.05, 0.1) is 11.3 Å². The molecular weight excluding hydrogens is 377 g/mol. The van der Waals surface area contributed by atoms with Crippen molar-refractivity contribution in [2.75, 3.05) is 0 Å². The van der Waals surface area contributed by atoms with Crippen LogP contribution in [0.2, 0.25) is 0 Å². The summed E-state index contributed by atoms with van der Waals surface area (Å²) in [4.78, 5) is 37.6. The second kappa shape index (κ2) is 9.77. The summed E-state index contributed by atoms with van der Waals surface area (Å²) in [5.74, 6) is -1.18. The van der Waals surface area contributed by atoms with Gasteiger partial charge < -0.3 is 10.2 Å². The summed E-state index contributed by atoms with van der Waals surface area (Å²) in [6.07, 6.45) is -0.225. The van der Waals surface area contributed by atoms with Gasteiger partial charge in [0.2, 0.25) is 11.8 Å². The Morgan fingerprint density at radius 1 is 1.10 bits per heavy atom. The van der Waals surface area contributed by atoms with Crippen LogP contribution < -0.4 is 5.32 Å². The van der Waals surface area contributed by atoms with Crippen molar-refractivity contribution in [2.45, 2.75) is 45.8 Å². The number of rotatable bonds is 8. The van der Waals surface area contributed by atoms with Gasteiger partial charge in [-0.3, -0.25) is 19.7 Å². The number of hydrogen-bond acceptors (Lipinski definition) is 4. The van der Waals surface area contributed by atoms with Gasteiger partial charge in [0.25, 0.3) is 5.69 Å². The Hall–Kier alpha value is -3.29. The van der Waals surface area contributed by atoms with Gasteiger partial charge in [-0.2, -0.15) is 0 Å². The first kappa shape index (κ1) is 22.0. The molecule has 1 atom stereocenters. The van der Waals surface area contributed by atoms with Crippen molar-refractivity contribution in [1.82, 2.24) is 10.2 Å². The van der Waals surface area contributed by atoms with Crippen LogP contribution in [0.5, 0.6) is 0 Å². The zero-order valence-electron chi connectivity index (χ0n) is 16.6. The average Bonchev–Trinajstić information content (AvgIpc) is 2.66. The Kier molecular flexibility index (Phi) is 7.41. The first-order valence-corrected chi connectivity index (χ1v) is 9.25. The fourth-order valence-electron chi connectivity index (χ4n) is 2.88. The van der Waals surface area contributed by atoms with Gasteiger partial charge in [-0.1, -0.05) is 30.3 Å². The largest absolute Gasteiger partial charge is 0.352 e. The van der Waals surface area contributed by atoms with Gasteiger partial charge in [-0.15, -0.1) is 0 Å². The molecule has 2 amide bonds. The molecule has 0 heterocycles. The molecule has 0 saturated heterocycles. The van der Waals surface area contributed by atoms with E-state index in [0.717, 1.165) is 0 Å². The molecule has 0 bridgehead atoms. The number of nitro benzene ring substituents is 1. The standard InChI is InChI=1S/C21H24FN3O4/c1-14(2)23-21(27)15(3)24(13-16-8-10-18(22)11-9-16)20(26)12-17-6-4-5-7-19(17)25(28)29/h4-11,14-15H,12-13H2,1-3H3,(H,23,27)/t15-/m1/s1. The summed E-state index contributed by atoms with van der Waals surface area (Å²) < 4.78 is 13.2. The molecule has 0 aliphatic heterocycles. The van der Waals surface area contributed by atoms with Gasteiger partial charge >= 0.3 is 0 Å². The lowest BCUT2D eigenvalue weighted by molar-refractivity contribution is -0.385. The van der Waals surface area contributed by atoms with Crippen LogP contribution in [-0.2, 0) is 22.6 Å². The number of nitrogens with one attached hydrogen (secondary N) is 1. The number of carbonyl (C=O) groups excluding carboxylic acids is 2. The van der Waals surface area contributed by atoms with E-state index in [9.17, 15) is 24.1 Å². The summed E-state index contributed by atoms with van der Waals surface area (Å²) in [6.45, 7) is 5.29. The summed E-state index contributed by atoms with van der Waals surface area (Å²) in [5.41, 5.74) is 0.761. The Morgan fingerprint density at radius 3 is 2.31 bits per heavy atom. The van der Waals surface area contributed by atoms with Crippen LogP contribution in [-0.4, -0.2) is 33.7 Å². The van der Waals surface area contributed by atoms with E-state index >= 15 is 0 Å². The predicted octanol–water partition coefficient (Wildman–Crippen LogP) is 3.22. The lowest BCUT2D eigenvalue weighted by Gasteiger charge is -2.29. The molecule has 0 aliphatic rings. The molecule has 154 valence electrons. The van der Waals surface area contributed by atoms with Crippen LogP contribution in [0.15, 0.2) is 48.5 Å². The number of amides is 2. The fourth-order valence-corrected chi connectivity index (χ4v) is 2.88. The van der Waals surface area contributed by atoms with Gasteiger partial charge in [0.1, 0.15) is 11.9 Å². The van der Waals surface area contributed by atoms with Crippen molar-refractivity contribution in [3.05, 3.63) is 75.6 Å². The quantitative estimate of drug-likeness (QED) is 0.543. The molecule has 0 saturated carbocycles. The highest BCUT2D eigenvalue weighted by atomic mass is 19.1. The van der Waals surface area contributed by atoms with E-state index < -0.39 is 22.7 Å². The van der Waals surface area contributed by atoms with E-state index in [4.69, 9.17) is 0 Å². The van der Waals surface area contributed by atoms with Crippen molar-refractivity contribution >= 4 is 17.5 Å². The van der Waals surface area contributed by atoms with E-state index in [1.54, 1.807) is 13.0 Å². The van der Waals surface area contributed by atoms with Crippen LogP contribution in [0.4, 0.5) is 10.1 Å². The zero-order chi connectivity index (χ0) is 21.6. The monoisotopic (exact) mass is 401 g/mol. The van der Waals surface area contributed by atoms with Crippen LogP contribution >= 0.6 is 0 Å². The summed E-state index contributed by atoms with van der Waals surface area (Å²) in [5, 5.41) is 14.0. The number of para-hydroxylation sites is 1. The van der Waals surface area contributed by atoms with E-state index in [1.165, 1.54) is 47.4 Å². The molecule has 8 heteroatoms. The number of carbonyl (C=O) groups is 2. The molecule has 7 nitrogen and oxygen atoms in total. The molecule has 0 aromatic heterocycles. The van der Waals surface area contributed by atoms with Crippen molar-refractivity contribution < 1.29 is 18.9 Å². The molecule has 29 heavy (non-hydrogen) atoms. The molecule has 0 radical (unpaired) electrons. The van der Waals surface area contributed by atoms with Crippen molar-refractivity contribution in [2.24, 2.45) is 0 Å². The van der Waals surface area contributed by atoms with Crippen LogP contribution in [0.1, 0.15) is 31.9 Å². The molecule has 2 aromatic rings. The average molecular weight is 401 g/mol. The fraction of sp³-hybridized carbons (Fsp3) is 0.333. The third kappa shape index (κ3) is 6.10. The van der Waals surface area contributed by atoms with Crippen molar-refractivity contribution in [1.29, 1.82) is 0 Å². The molecule has 1 N–H and O–H groups in total. The van der Waals surface area contributed by atoms with Crippen molar-refractivity contribution in [3.63, 3.8) is 0 Å². The number of hydrogen-bond donors (Lipinski definition) is 1. The topological polar surface area (TPSA) is 92.6 Å². The molecule has 2 rings (SSSR count). The third-order valence-corrected chi connectivity index (χ3v) is 4.39. The molecule has 0 unspecified atom stereocenters. The summed E-state index contributed by atoms with van der Waals surface area (Å²) in [7, 11) is 0. The van der Waals surface area contributed by atoms with Crippen LogP contribution in [0.25, 0.3) is 0 Å². The first-order chi connectivity index (χ1) is 13.7. The minimum atomic E-state index is -0.808. The zero-order valence-corrected chi connectivity index (χ0v) is 16.6. The SMILES string of the molecule is CC(C)NC(=O)[C@@H](C)N(Cc1ccc(F)cc1)C(=O)Cc1ccccc1[N+](=O)[O-].